The van der Waals surface area contributed by atoms with Gasteiger partial charge in [-0.25, -0.2) is 4.98 Å². The molecule has 3 heterocycles. The van der Waals surface area contributed by atoms with Gasteiger partial charge in [0.2, 0.25) is 5.88 Å². The Morgan fingerprint density at radius 3 is 3.16 bits per heavy atom. The van der Waals surface area contributed by atoms with Crippen LogP contribution in [-0.4, -0.2) is 41.4 Å². The number of hydrogen-bond acceptors (Lipinski definition) is 5. The summed E-state index contributed by atoms with van der Waals surface area (Å²) in [4.78, 5) is 17.2. The molecule has 2 aliphatic heterocycles. The Hall–Kier alpha value is -1.46. The van der Waals surface area contributed by atoms with Crippen molar-refractivity contribution in [3.8, 4) is 5.88 Å². The smallest absolute Gasteiger partial charge is 0.213 e. The number of rotatable bonds is 4. The summed E-state index contributed by atoms with van der Waals surface area (Å²) in [5.74, 6) is 0.701. The molecule has 2 atom stereocenters. The summed E-state index contributed by atoms with van der Waals surface area (Å²) in [6.07, 6.45) is 2.18. The highest BCUT2D eigenvalue weighted by Crippen LogP contribution is 2.24. The van der Waals surface area contributed by atoms with Gasteiger partial charge >= 0.3 is 0 Å². The van der Waals surface area contributed by atoms with E-state index in [1.54, 1.807) is 0 Å². The second kappa shape index (κ2) is 5.27. The standard InChI is InChI=1S/C14H19N3O2/c1-10-6-12(7-15-10)19-14-3-2-11-8-17(4-5-18)9-13(11)16-14/h2-3,5,10,12,15H,4,6-9H2,1H3/t10-,12+/m0/s1. The van der Waals surface area contributed by atoms with Crippen LogP contribution in [-0.2, 0) is 17.9 Å². The van der Waals surface area contributed by atoms with Crippen LogP contribution in [0.5, 0.6) is 5.88 Å². The van der Waals surface area contributed by atoms with Gasteiger partial charge < -0.3 is 14.8 Å². The Morgan fingerprint density at radius 1 is 1.53 bits per heavy atom. The maximum Gasteiger partial charge on any atom is 0.213 e. The van der Waals surface area contributed by atoms with E-state index in [4.69, 9.17) is 4.74 Å². The molecule has 1 aromatic rings. The van der Waals surface area contributed by atoms with E-state index in [9.17, 15) is 4.79 Å². The minimum Gasteiger partial charge on any atom is -0.473 e. The molecule has 1 saturated heterocycles. The maximum atomic E-state index is 10.5. The van der Waals surface area contributed by atoms with Gasteiger partial charge in [0.05, 0.1) is 12.2 Å². The Kier molecular flexibility index (Phi) is 3.48. The zero-order valence-electron chi connectivity index (χ0n) is 11.1. The van der Waals surface area contributed by atoms with E-state index in [2.05, 4.69) is 28.2 Å². The van der Waals surface area contributed by atoms with Crippen LogP contribution in [0.1, 0.15) is 24.6 Å². The molecule has 0 spiro atoms. The van der Waals surface area contributed by atoms with Crippen molar-refractivity contribution in [1.29, 1.82) is 0 Å². The van der Waals surface area contributed by atoms with E-state index in [1.807, 2.05) is 6.07 Å². The molecule has 0 unspecified atom stereocenters. The molecule has 0 aromatic carbocycles. The molecule has 102 valence electrons. The number of nitrogens with one attached hydrogen (secondary N) is 1. The van der Waals surface area contributed by atoms with E-state index < -0.39 is 0 Å². The topological polar surface area (TPSA) is 54.5 Å². The van der Waals surface area contributed by atoms with Crippen molar-refractivity contribution in [2.75, 3.05) is 13.1 Å². The van der Waals surface area contributed by atoms with Crippen molar-refractivity contribution in [2.45, 2.75) is 38.6 Å². The van der Waals surface area contributed by atoms with Crippen LogP contribution in [0.3, 0.4) is 0 Å². The summed E-state index contributed by atoms with van der Waals surface area (Å²) in [5, 5.41) is 3.37. The van der Waals surface area contributed by atoms with Crippen LogP contribution in [0.2, 0.25) is 0 Å². The first kappa shape index (κ1) is 12.6. The van der Waals surface area contributed by atoms with Crippen LogP contribution in [0.4, 0.5) is 0 Å². The first-order valence-electron chi connectivity index (χ1n) is 6.79. The first-order chi connectivity index (χ1) is 9.24. The highest BCUT2D eigenvalue weighted by Gasteiger charge is 2.24. The molecule has 0 bridgehead atoms. The first-order valence-corrected chi connectivity index (χ1v) is 6.79. The molecule has 0 amide bonds. The van der Waals surface area contributed by atoms with E-state index in [0.717, 1.165) is 38.0 Å². The van der Waals surface area contributed by atoms with Crippen molar-refractivity contribution in [3.63, 3.8) is 0 Å². The number of hydrogen-bond donors (Lipinski definition) is 1. The molecule has 5 nitrogen and oxygen atoms in total. The molecule has 1 N–H and O–H groups in total. The number of pyridine rings is 1. The molecule has 2 aliphatic rings. The van der Waals surface area contributed by atoms with Gasteiger partial charge in [-0.2, -0.15) is 0 Å². The number of carbonyl (C=O) groups excluding carboxylic acids is 1. The number of carbonyl (C=O) groups is 1. The molecule has 3 rings (SSSR count). The molecule has 1 fully saturated rings. The Bertz CT molecular complexity index is 478. The SMILES string of the molecule is C[C@H]1C[C@@H](Oc2ccc3c(n2)CN(CC=O)C3)CN1. The zero-order valence-corrected chi connectivity index (χ0v) is 11.1. The number of aldehydes is 1. The van der Waals surface area contributed by atoms with Crippen molar-refractivity contribution in [2.24, 2.45) is 0 Å². The molecular formula is C14H19N3O2. The van der Waals surface area contributed by atoms with Crippen molar-refractivity contribution < 1.29 is 9.53 Å². The summed E-state index contributed by atoms with van der Waals surface area (Å²) in [6, 6.07) is 4.52. The minimum atomic E-state index is 0.216. The van der Waals surface area contributed by atoms with Gasteiger partial charge in [0.1, 0.15) is 12.4 Å². The van der Waals surface area contributed by atoms with Crippen LogP contribution in [0, 0.1) is 0 Å². The van der Waals surface area contributed by atoms with Crippen LogP contribution in [0.15, 0.2) is 12.1 Å². The number of fused-ring (bicyclic) bond motifs is 1. The van der Waals surface area contributed by atoms with Crippen LogP contribution in [0.25, 0.3) is 0 Å². The summed E-state index contributed by atoms with van der Waals surface area (Å²) >= 11 is 0. The third kappa shape index (κ3) is 2.77. The molecule has 1 aromatic heterocycles. The van der Waals surface area contributed by atoms with Gasteiger partial charge in [-0.1, -0.05) is 6.07 Å². The fraction of sp³-hybridized carbons (Fsp3) is 0.571. The van der Waals surface area contributed by atoms with E-state index >= 15 is 0 Å². The van der Waals surface area contributed by atoms with E-state index in [1.165, 1.54) is 5.56 Å². The lowest BCUT2D eigenvalue weighted by atomic mass is 10.2. The number of nitrogens with zero attached hydrogens (tertiary/aromatic N) is 2. The van der Waals surface area contributed by atoms with Crippen molar-refractivity contribution in [1.82, 2.24) is 15.2 Å². The largest absolute Gasteiger partial charge is 0.473 e. The van der Waals surface area contributed by atoms with Gasteiger partial charge in [0.25, 0.3) is 0 Å². The van der Waals surface area contributed by atoms with E-state index in [0.29, 0.717) is 18.5 Å². The van der Waals surface area contributed by atoms with Gasteiger partial charge in [0, 0.05) is 38.2 Å². The average molecular weight is 261 g/mol. The van der Waals surface area contributed by atoms with Gasteiger partial charge in [-0.3, -0.25) is 4.90 Å². The highest BCUT2D eigenvalue weighted by atomic mass is 16.5. The van der Waals surface area contributed by atoms with Gasteiger partial charge in [0.15, 0.2) is 0 Å². The minimum absolute atomic E-state index is 0.216. The quantitative estimate of drug-likeness (QED) is 0.810. The lowest BCUT2D eigenvalue weighted by Gasteiger charge is -2.12. The lowest BCUT2D eigenvalue weighted by Crippen LogP contribution is -2.21. The van der Waals surface area contributed by atoms with Crippen molar-refractivity contribution in [3.05, 3.63) is 23.4 Å². The van der Waals surface area contributed by atoms with Gasteiger partial charge in [-0.05, 0) is 12.5 Å². The summed E-state index contributed by atoms with van der Waals surface area (Å²) in [5.41, 5.74) is 2.24. The summed E-state index contributed by atoms with van der Waals surface area (Å²) in [7, 11) is 0. The number of aromatic nitrogens is 1. The normalized spacial score (nSPS) is 26.4. The van der Waals surface area contributed by atoms with Crippen LogP contribution >= 0.6 is 0 Å². The lowest BCUT2D eigenvalue weighted by molar-refractivity contribution is -0.108. The fourth-order valence-corrected chi connectivity index (χ4v) is 2.75. The predicted molar refractivity (Wildman–Crippen MR) is 70.9 cm³/mol. The van der Waals surface area contributed by atoms with E-state index in [-0.39, 0.29) is 6.10 Å². The molecule has 5 heteroatoms. The second-order valence-corrected chi connectivity index (χ2v) is 5.38. The Labute approximate surface area is 113 Å². The second-order valence-electron chi connectivity index (χ2n) is 5.38. The fourth-order valence-electron chi connectivity index (χ4n) is 2.75. The third-order valence-electron chi connectivity index (χ3n) is 3.74. The molecule has 19 heavy (non-hydrogen) atoms. The monoisotopic (exact) mass is 261 g/mol. The predicted octanol–water partition coefficient (Wildman–Crippen LogP) is 0.725. The summed E-state index contributed by atoms with van der Waals surface area (Å²) < 4.78 is 5.90. The molecule has 0 saturated carbocycles. The third-order valence-corrected chi connectivity index (χ3v) is 3.74. The average Bonchev–Trinajstić information content (AvgIpc) is 2.95. The maximum absolute atomic E-state index is 10.5. The number of ether oxygens (including phenoxy) is 1. The Morgan fingerprint density at radius 2 is 2.42 bits per heavy atom. The molecule has 0 aliphatic carbocycles. The van der Waals surface area contributed by atoms with Crippen molar-refractivity contribution >= 4 is 6.29 Å². The van der Waals surface area contributed by atoms with Crippen LogP contribution < -0.4 is 10.1 Å². The molecular weight excluding hydrogens is 242 g/mol. The zero-order chi connectivity index (χ0) is 13.2. The van der Waals surface area contributed by atoms with Gasteiger partial charge in [-0.15, -0.1) is 0 Å². The Balaban J connectivity index is 1.66. The highest BCUT2D eigenvalue weighted by molar-refractivity contribution is 5.52. The molecule has 0 radical (unpaired) electrons. The summed E-state index contributed by atoms with van der Waals surface area (Å²) in [6.45, 7) is 5.07.